The molecule has 0 bridgehead atoms. The number of ether oxygens (including phenoxy) is 1. The van der Waals surface area contributed by atoms with Crippen molar-refractivity contribution in [2.75, 3.05) is 32.8 Å². The quantitative estimate of drug-likeness (QED) is 0.771. The molecule has 0 unspecified atom stereocenters. The zero-order chi connectivity index (χ0) is 17.6. The highest BCUT2D eigenvalue weighted by molar-refractivity contribution is 5.78. The number of aryl methyl sites for hydroxylation is 2. The molecule has 0 aliphatic carbocycles. The molecule has 0 aromatic carbocycles. The Hall–Kier alpha value is -1.40. The highest BCUT2D eigenvalue weighted by atomic mass is 16.5. The van der Waals surface area contributed by atoms with Crippen molar-refractivity contribution in [2.24, 2.45) is 5.92 Å². The van der Waals surface area contributed by atoms with Crippen LogP contribution in [0.15, 0.2) is 0 Å². The number of nitrogens with zero attached hydrogens (tertiary/aromatic N) is 2. The van der Waals surface area contributed by atoms with Gasteiger partial charge in [0.25, 0.3) is 0 Å². The summed E-state index contributed by atoms with van der Waals surface area (Å²) >= 11 is 0. The fraction of sp³-hybridized carbons (Fsp3) is 0.789. The summed E-state index contributed by atoms with van der Waals surface area (Å²) in [6.45, 7) is 8.61. The molecular weight excluding hydrogens is 316 g/mol. The second-order valence-electron chi connectivity index (χ2n) is 7.48. The lowest BCUT2D eigenvalue weighted by Crippen LogP contribution is -2.48. The van der Waals surface area contributed by atoms with E-state index in [4.69, 9.17) is 4.74 Å². The average Bonchev–Trinajstić information content (AvgIpc) is 2.97. The third-order valence-electron chi connectivity index (χ3n) is 5.71. The first-order chi connectivity index (χ1) is 12.1. The number of aromatic amines is 1. The second-order valence-corrected chi connectivity index (χ2v) is 7.48. The third kappa shape index (κ3) is 4.82. The summed E-state index contributed by atoms with van der Waals surface area (Å²) in [4.78, 5) is 15.1. The van der Waals surface area contributed by atoms with Crippen LogP contribution in [0.1, 0.15) is 49.1 Å². The van der Waals surface area contributed by atoms with Crippen molar-refractivity contribution in [1.29, 1.82) is 0 Å². The number of piperidine rings is 1. The Kier molecular flexibility index (Phi) is 6.48. The average molecular weight is 348 g/mol. The standard InChI is InChI=1S/C19H32N4O2/c1-14-18(15(2)22-21-14)6-3-9-20-19(24)16-5-4-10-23(13-16)17-7-11-25-12-8-17/h16-17H,3-13H2,1-2H3,(H,20,24)(H,21,22)/t16-/m1/s1. The fourth-order valence-electron chi connectivity index (χ4n) is 4.17. The molecule has 6 nitrogen and oxygen atoms in total. The molecule has 140 valence electrons. The molecular formula is C19H32N4O2. The maximum atomic E-state index is 12.5. The Morgan fingerprint density at radius 1 is 1.32 bits per heavy atom. The molecule has 1 aromatic rings. The lowest BCUT2D eigenvalue weighted by atomic mass is 9.94. The molecule has 1 amide bonds. The summed E-state index contributed by atoms with van der Waals surface area (Å²) < 4.78 is 5.47. The number of likely N-dealkylation sites (tertiary alicyclic amines) is 1. The van der Waals surface area contributed by atoms with Crippen molar-refractivity contribution in [3.05, 3.63) is 17.0 Å². The van der Waals surface area contributed by atoms with Gasteiger partial charge in [0.05, 0.1) is 11.6 Å². The molecule has 2 saturated heterocycles. The van der Waals surface area contributed by atoms with Crippen LogP contribution < -0.4 is 5.32 Å². The predicted octanol–water partition coefficient (Wildman–Crippen LogP) is 1.97. The number of carbonyl (C=O) groups excluding carboxylic acids is 1. The molecule has 1 atom stereocenters. The van der Waals surface area contributed by atoms with Gasteiger partial charge in [-0.1, -0.05) is 0 Å². The van der Waals surface area contributed by atoms with Crippen molar-refractivity contribution in [1.82, 2.24) is 20.4 Å². The first kappa shape index (κ1) is 18.4. The van der Waals surface area contributed by atoms with Crippen LogP contribution in [0.5, 0.6) is 0 Å². The van der Waals surface area contributed by atoms with Crippen LogP contribution >= 0.6 is 0 Å². The Morgan fingerprint density at radius 2 is 2.12 bits per heavy atom. The van der Waals surface area contributed by atoms with Crippen molar-refractivity contribution < 1.29 is 9.53 Å². The van der Waals surface area contributed by atoms with Gasteiger partial charge in [0.1, 0.15) is 0 Å². The molecule has 25 heavy (non-hydrogen) atoms. The summed E-state index contributed by atoms with van der Waals surface area (Å²) in [6.07, 6.45) is 6.29. The van der Waals surface area contributed by atoms with E-state index in [1.807, 2.05) is 6.92 Å². The van der Waals surface area contributed by atoms with Gasteiger partial charge in [-0.2, -0.15) is 5.10 Å². The van der Waals surface area contributed by atoms with E-state index in [1.54, 1.807) is 0 Å². The number of hydrogen-bond donors (Lipinski definition) is 2. The van der Waals surface area contributed by atoms with E-state index in [2.05, 4.69) is 27.3 Å². The Morgan fingerprint density at radius 3 is 2.84 bits per heavy atom. The molecule has 2 fully saturated rings. The van der Waals surface area contributed by atoms with Gasteiger partial charge < -0.3 is 10.1 Å². The smallest absolute Gasteiger partial charge is 0.224 e. The number of hydrogen-bond acceptors (Lipinski definition) is 4. The molecule has 3 rings (SSSR count). The lowest BCUT2D eigenvalue weighted by Gasteiger charge is -2.39. The van der Waals surface area contributed by atoms with Gasteiger partial charge in [0.15, 0.2) is 0 Å². The van der Waals surface area contributed by atoms with Crippen LogP contribution in [0.4, 0.5) is 0 Å². The minimum atomic E-state index is 0.147. The lowest BCUT2D eigenvalue weighted by molar-refractivity contribution is -0.127. The van der Waals surface area contributed by atoms with Crippen molar-refractivity contribution in [2.45, 2.75) is 58.4 Å². The summed E-state index contributed by atoms with van der Waals surface area (Å²) in [6, 6.07) is 0.608. The van der Waals surface area contributed by atoms with E-state index in [1.165, 1.54) is 5.56 Å². The van der Waals surface area contributed by atoms with E-state index < -0.39 is 0 Å². The zero-order valence-electron chi connectivity index (χ0n) is 15.6. The Labute approximate surface area is 150 Å². The molecule has 2 aliphatic heterocycles. The second kappa shape index (κ2) is 8.81. The third-order valence-corrected chi connectivity index (χ3v) is 5.71. The van der Waals surface area contributed by atoms with Crippen LogP contribution in [0, 0.1) is 19.8 Å². The summed E-state index contributed by atoms with van der Waals surface area (Å²) in [5.41, 5.74) is 3.50. The van der Waals surface area contributed by atoms with Gasteiger partial charge in [-0.05, 0) is 64.5 Å². The molecule has 1 aromatic heterocycles. The zero-order valence-corrected chi connectivity index (χ0v) is 15.6. The van der Waals surface area contributed by atoms with Gasteiger partial charge >= 0.3 is 0 Å². The molecule has 0 saturated carbocycles. The maximum absolute atomic E-state index is 12.5. The van der Waals surface area contributed by atoms with Gasteiger partial charge in [-0.25, -0.2) is 0 Å². The van der Waals surface area contributed by atoms with Crippen LogP contribution in [0.2, 0.25) is 0 Å². The number of H-pyrrole nitrogens is 1. The largest absolute Gasteiger partial charge is 0.381 e. The number of aromatic nitrogens is 2. The molecule has 0 spiro atoms. The number of rotatable bonds is 6. The Bertz CT molecular complexity index is 546. The predicted molar refractivity (Wildman–Crippen MR) is 97.5 cm³/mol. The number of amides is 1. The molecule has 0 radical (unpaired) electrons. The topological polar surface area (TPSA) is 70.2 Å². The first-order valence-electron chi connectivity index (χ1n) is 9.75. The van der Waals surface area contributed by atoms with E-state index in [0.29, 0.717) is 6.04 Å². The van der Waals surface area contributed by atoms with E-state index in [0.717, 1.165) is 82.8 Å². The van der Waals surface area contributed by atoms with Gasteiger partial charge in [-0.3, -0.25) is 14.8 Å². The SMILES string of the molecule is Cc1n[nH]c(C)c1CCCNC(=O)[C@@H]1CCCN(C2CCOCC2)C1. The Balaban J connectivity index is 1.40. The number of nitrogens with one attached hydrogen (secondary N) is 2. The van der Waals surface area contributed by atoms with Crippen molar-refractivity contribution in [3.8, 4) is 0 Å². The van der Waals surface area contributed by atoms with Crippen molar-refractivity contribution in [3.63, 3.8) is 0 Å². The molecule has 2 aliphatic rings. The molecule has 3 heterocycles. The van der Waals surface area contributed by atoms with Crippen LogP contribution in [0.3, 0.4) is 0 Å². The minimum absolute atomic E-state index is 0.147. The van der Waals surface area contributed by atoms with Crippen molar-refractivity contribution >= 4 is 5.91 Å². The number of carbonyl (C=O) groups is 1. The summed E-state index contributed by atoms with van der Waals surface area (Å²) in [5, 5.41) is 10.4. The van der Waals surface area contributed by atoms with E-state index >= 15 is 0 Å². The highest BCUT2D eigenvalue weighted by Gasteiger charge is 2.30. The van der Waals surface area contributed by atoms with Crippen LogP contribution in [-0.2, 0) is 16.0 Å². The minimum Gasteiger partial charge on any atom is -0.381 e. The summed E-state index contributed by atoms with van der Waals surface area (Å²) in [7, 11) is 0. The van der Waals surface area contributed by atoms with Crippen LogP contribution in [-0.4, -0.2) is 59.9 Å². The first-order valence-corrected chi connectivity index (χ1v) is 9.75. The molecule has 2 N–H and O–H groups in total. The monoisotopic (exact) mass is 348 g/mol. The fourth-order valence-corrected chi connectivity index (χ4v) is 4.17. The summed E-state index contributed by atoms with van der Waals surface area (Å²) in [5.74, 6) is 0.381. The van der Waals surface area contributed by atoms with Crippen LogP contribution in [0.25, 0.3) is 0 Å². The normalized spacial score (nSPS) is 22.9. The van der Waals surface area contributed by atoms with Gasteiger partial charge in [-0.15, -0.1) is 0 Å². The maximum Gasteiger partial charge on any atom is 0.224 e. The highest BCUT2D eigenvalue weighted by Crippen LogP contribution is 2.23. The van der Waals surface area contributed by atoms with E-state index in [-0.39, 0.29) is 11.8 Å². The van der Waals surface area contributed by atoms with E-state index in [9.17, 15) is 4.79 Å². The molecule has 6 heteroatoms. The van der Waals surface area contributed by atoms with Gasteiger partial charge in [0.2, 0.25) is 5.91 Å². The van der Waals surface area contributed by atoms with Gasteiger partial charge in [0, 0.05) is 38.0 Å².